The average Bonchev–Trinajstić information content (AvgIpc) is 2.95. The van der Waals surface area contributed by atoms with Crippen LogP contribution in [0.3, 0.4) is 0 Å². The highest BCUT2D eigenvalue weighted by molar-refractivity contribution is 5.81. The van der Waals surface area contributed by atoms with Crippen LogP contribution in [0.15, 0.2) is 30.5 Å². The number of aromatic nitrogens is 1. The van der Waals surface area contributed by atoms with Gasteiger partial charge in [0.2, 0.25) is 0 Å². The molecule has 0 radical (unpaired) electrons. The van der Waals surface area contributed by atoms with Gasteiger partial charge in [-0.15, -0.1) is 0 Å². The predicted octanol–water partition coefficient (Wildman–Crippen LogP) is 2.56. The molecule has 6 heteroatoms. The van der Waals surface area contributed by atoms with Crippen LogP contribution in [0.2, 0.25) is 0 Å². The molecule has 1 saturated heterocycles. The van der Waals surface area contributed by atoms with E-state index < -0.39 is 6.09 Å². The van der Waals surface area contributed by atoms with Crippen LogP contribution in [0, 0.1) is 5.82 Å². The Bertz CT molecular complexity index is 692. The molecule has 1 aromatic heterocycles. The Kier molecular flexibility index (Phi) is 3.37. The highest BCUT2D eigenvalue weighted by atomic mass is 19.1. The number of likely N-dealkylation sites (tertiary alicyclic amines) is 1. The standard InChI is InChI=1S/C15H16FN3O2/c1-18(12-4-5-19(9-12)15(20)21)13-7-10-6-11(16)2-3-14(10)17-8-13/h2-3,6-8,12H,4-5,9H2,1H3,(H,20,21)/t12-/m0/s1. The van der Waals surface area contributed by atoms with Gasteiger partial charge in [-0.05, 0) is 30.7 Å². The first-order valence-corrected chi connectivity index (χ1v) is 6.80. The van der Waals surface area contributed by atoms with E-state index in [1.165, 1.54) is 17.0 Å². The third-order valence-corrected chi connectivity index (χ3v) is 4.02. The predicted molar refractivity (Wildman–Crippen MR) is 78.1 cm³/mol. The topological polar surface area (TPSA) is 56.7 Å². The normalized spacial score (nSPS) is 18.2. The molecule has 1 aromatic carbocycles. The van der Waals surface area contributed by atoms with E-state index in [0.717, 1.165) is 23.0 Å². The van der Waals surface area contributed by atoms with Crippen LogP contribution in [-0.2, 0) is 0 Å². The molecule has 1 atom stereocenters. The summed E-state index contributed by atoms with van der Waals surface area (Å²) < 4.78 is 13.3. The van der Waals surface area contributed by atoms with Crippen molar-refractivity contribution in [2.24, 2.45) is 0 Å². The number of rotatable bonds is 2. The molecule has 0 unspecified atom stereocenters. The Morgan fingerprint density at radius 2 is 2.29 bits per heavy atom. The molecule has 2 aromatic rings. The zero-order valence-corrected chi connectivity index (χ0v) is 11.7. The van der Waals surface area contributed by atoms with Crippen molar-refractivity contribution in [3.63, 3.8) is 0 Å². The van der Waals surface area contributed by atoms with E-state index in [9.17, 15) is 9.18 Å². The van der Waals surface area contributed by atoms with Gasteiger partial charge < -0.3 is 14.9 Å². The number of likely N-dealkylation sites (N-methyl/N-ethyl adjacent to an activating group) is 1. The minimum Gasteiger partial charge on any atom is -0.465 e. The summed E-state index contributed by atoms with van der Waals surface area (Å²) in [6.45, 7) is 1.02. The number of nitrogens with zero attached hydrogens (tertiary/aromatic N) is 3. The molecule has 1 N–H and O–H groups in total. The minimum absolute atomic E-state index is 0.119. The lowest BCUT2D eigenvalue weighted by Crippen LogP contribution is -2.36. The Balaban J connectivity index is 1.84. The Labute approximate surface area is 121 Å². The summed E-state index contributed by atoms with van der Waals surface area (Å²) in [5, 5.41) is 9.75. The molecule has 110 valence electrons. The van der Waals surface area contributed by atoms with Crippen LogP contribution in [-0.4, -0.2) is 47.3 Å². The van der Waals surface area contributed by atoms with E-state index >= 15 is 0 Å². The molecule has 2 heterocycles. The van der Waals surface area contributed by atoms with Crippen molar-refractivity contribution in [1.82, 2.24) is 9.88 Å². The summed E-state index contributed by atoms with van der Waals surface area (Å²) in [7, 11) is 1.91. The van der Waals surface area contributed by atoms with Gasteiger partial charge in [0, 0.05) is 31.6 Å². The maximum absolute atomic E-state index is 13.3. The summed E-state index contributed by atoms with van der Waals surface area (Å²) in [4.78, 5) is 18.7. The van der Waals surface area contributed by atoms with E-state index in [4.69, 9.17) is 5.11 Å². The maximum Gasteiger partial charge on any atom is 0.407 e. The molecule has 5 nitrogen and oxygen atoms in total. The van der Waals surface area contributed by atoms with Crippen molar-refractivity contribution in [2.75, 3.05) is 25.0 Å². The van der Waals surface area contributed by atoms with Gasteiger partial charge >= 0.3 is 6.09 Å². The van der Waals surface area contributed by atoms with Gasteiger partial charge in [0.1, 0.15) is 5.82 Å². The number of hydrogen-bond acceptors (Lipinski definition) is 3. The first-order valence-electron chi connectivity index (χ1n) is 6.80. The molecule has 0 saturated carbocycles. The number of hydrogen-bond donors (Lipinski definition) is 1. The first-order chi connectivity index (χ1) is 10.0. The Hall–Kier alpha value is -2.37. The highest BCUT2D eigenvalue weighted by Crippen LogP contribution is 2.24. The fraction of sp³-hybridized carbons (Fsp3) is 0.333. The van der Waals surface area contributed by atoms with Crippen molar-refractivity contribution >= 4 is 22.7 Å². The number of anilines is 1. The molecule has 0 bridgehead atoms. The summed E-state index contributed by atoms with van der Waals surface area (Å²) in [6.07, 6.45) is 1.64. The lowest BCUT2D eigenvalue weighted by molar-refractivity contribution is 0.155. The molecule has 0 aliphatic carbocycles. The number of carbonyl (C=O) groups is 1. The molecule has 1 amide bonds. The molecule has 0 spiro atoms. The largest absolute Gasteiger partial charge is 0.465 e. The summed E-state index contributed by atoms with van der Waals surface area (Å²) in [5.41, 5.74) is 1.61. The summed E-state index contributed by atoms with van der Waals surface area (Å²) >= 11 is 0. The van der Waals surface area contributed by atoms with Gasteiger partial charge in [0.15, 0.2) is 0 Å². The van der Waals surface area contributed by atoms with Crippen molar-refractivity contribution in [1.29, 1.82) is 0 Å². The van der Waals surface area contributed by atoms with Gasteiger partial charge in [-0.1, -0.05) is 0 Å². The van der Waals surface area contributed by atoms with Gasteiger partial charge in [-0.2, -0.15) is 0 Å². The number of pyridine rings is 1. The summed E-state index contributed by atoms with van der Waals surface area (Å²) in [6, 6.07) is 6.50. The number of benzene rings is 1. The van der Waals surface area contributed by atoms with Gasteiger partial charge in [-0.3, -0.25) is 4.98 Å². The molecule has 3 rings (SSSR count). The molecular weight excluding hydrogens is 273 g/mol. The second kappa shape index (κ2) is 5.20. The third kappa shape index (κ3) is 2.61. The van der Waals surface area contributed by atoms with Crippen LogP contribution in [0.4, 0.5) is 14.9 Å². The van der Waals surface area contributed by atoms with Crippen LogP contribution < -0.4 is 4.90 Å². The molecule has 1 aliphatic heterocycles. The number of amides is 1. The van der Waals surface area contributed by atoms with E-state index in [0.29, 0.717) is 13.1 Å². The number of fused-ring (bicyclic) bond motifs is 1. The monoisotopic (exact) mass is 289 g/mol. The number of carboxylic acid groups (broad SMARTS) is 1. The van der Waals surface area contributed by atoms with Crippen LogP contribution in [0.25, 0.3) is 10.9 Å². The van der Waals surface area contributed by atoms with E-state index in [2.05, 4.69) is 4.98 Å². The molecule has 21 heavy (non-hydrogen) atoms. The Morgan fingerprint density at radius 3 is 3.00 bits per heavy atom. The van der Waals surface area contributed by atoms with Crippen molar-refractivity contribution in [3.8, 4) is 0 Å². The number of halogens is 1. The minimum atomic E-state index is -0.885. The van der Waals surface area contributed by atoms with Gasteiger partial charge in [-0.25, -0.2) is 9.18 Å². The molecular formula is C15H16FN3O2. The second-order valence-electron chi connectivity index (χ2n) is 5.31. The molecule has 1 aliphatic rings. The Morgan fingerprint density at radius 1 is 1.48 bits per heavy atom. The van der Waals surface area contributed by atoms with Crippen LogP contribution >= 0.6 is 0 Å². The first kappa shape index (κ1) is 13.6. The van der Waals surface area contributed by atoms with Crippen LogP contribution in [0.5, 0.6) is 0 Å². The fourth-order valence-electron chi connectivity index (χ4n) is 2.73. The van der Waals surface area contributed by atoms with E-state index in [-0.39, 0.29) is 11.9 Å². The second-order valence-corrected chi connectivity index (χ2v) is 5.31. The SMILES string of the molecule is CN(c1cnc2ccc(F)cc2c1)[C@H]1CCN(C(=O)O)C1. The lowest BCUT2D eigenvalue weighted by atomic mass is 10.1. The van der Waals surface area contributed by atoms with Crippen molar-refractivity contribution in [2.45, 2.75) is 12.5 Å². The van der Waals surface area contributed by atoms with Gasteiger partial charge in [0.25, 0.3) is 0 Å². The zero-order valence-electron chi connectivity index (χ0n) is 11.7. The van der Waals surface area contributed by atoms with Crippen molar-refractivity contribution in [3.05, 3.63) is 36.3 Å². The smallest absolute Gasteiger partial charge is 0.407 e. The zero-order chi connectivity index (χ0) is 15.0. The third-order valence-electron chi connectivity index (χ3n) is 4.02. The van der Waals surface area contributed by atoms with E-state index in [1.54, 1.807) is 12.3 Å². The maximum atomic E-state index is 13.3. The van der Waals surface area contributed by atoms with Gasteiger partial charge in [0.05, 0.1) is 17.4 Å². The fourth-order valence-corrected chi connectivity index (χ4v) is 2.73. The lowest BCUT2D eigenvalue weighted by Gasteiger charge is -2.26. The van der Waals surface area contributed by atoms with E-state index in [1.807, 2.05) is 18.0 Å². The quantitative estimate of drug-likeness (QED) is 0.923. The summed E-state index contributed by atoms with van der Waals surface area (Å²) in [5.74, 6) is -0.290. The van der Waals surface area contributed by atoms with Crippen molar-refractivity contribution < 1.29 is 14.3 Å². The molecule has 1 fully saturated rings. The highest BCUT2D eigenvalue weighted by Gasteiger charge is 2.28. The van der Waals surface area contributed by atoms with Crippen LogP contribution in [0.1, 0.15) is 6.42 Å². The average molecular weight is 289 g/mol.